The number of thiazole rings is 1. The standard InChI is InChI=1S/C10H17N3O2S/c1-13(8-9-12-4-6-16-9)10(14)7-11-3-5-15-2/h4,6,11H,3,5,7-8H2,1-2H3. The van der Waals surface area contributed by atoms with E-state index in [4.69, 9.17) is 4.74 Å². The van der Waals surface area contributed by atoms with E-state index in [9.17, 15) is 4.79 Å². The molecule has 0 fully saturated rings. The highest BCUT2D eigenvalue weighted by molar-refractivity contribution is 7.09. The Balaban J connectivity index is 2.20. The van der Waals surface area contributed by atoms with E-state index in [1.165, 1.54) is 0 Å². The Morgan fingerprint density at radius 2 is 2.50 bits per heavy atom. The van der Waals surface area contributed by atoms with Gasteiger partial charge in [-0.15, -0.1) is 11.3 Å². The minimum atomic E-state index is 0.0614. The van der Waals surface area contributed by atoms with Crippen LogP contribution in [0, 0.1) is 0 Å². The van der Waals surface area contributed by atoms with Gasteiger partial charge in [-0.3, -0.25) is 4.79 Å². The van der Waals surface area contributed by atoms with E-state index in [1.54, 1.807) is 36.6 Å². The summed E-state index contributed by atoms with van der Waals surface area (Å²) >= 11 is 1.56. The molecule has 1 heterocycles. The van der Waals surface area contributed by atoms with E-state index in [1.807, 2.05) is 5.38 Å². The second-order valence-corrected chi connectivity index (χ2v) is 4.32. The van der Waals surface area contributed by atoms with Gasteiger partial charge < -0.3 is 15.0 Å². The third-order valence-corrected chi connectivity index (χ3v) is 2.81. The van der Waals surface area contributed by atoms with Crippen LogP contribution in [0.15, 0.2) is 11.6 Å². The lowest BCUT2D eigenvalue weighted by Gasteiger charge is -2.15. The summed E-state index contributed by atoms with van der Waals surface area (Å²) in [5.41, 5.74) is 0. The van der Waals surface area contributed by atoms with E-state index < -0.39 is 0 Å². The maximum atomic E-state index is 11.6. The molecule has 16 heavy (non-hydrogen) atoms. The molecular weight excluding hydrogens is 226 g/mol. The molecule has 0 bridgehead atoms. The molecule has 1 amide bonds. The molecular formula is C10H17N3O2S. The number of aromatic nitrogens is 1. The first-order chi connectivity index (χ1) is 7.74. The van der Waals surface area contributed by atoms with E-state index >= 15 is 0 Å². The van der Waals surface area contributed by atoms with Crippen LogP contribution in [-0.2, 0) is 16.1 Å². The van der Waals surface area contributed by atoms with Gasteiger partial charge in [0, 0.05) is 32.3 Å². The highest BCUT2D eigenvalue weighted by atomic mass is 32.1. The van der Waals surface area contributed by atoms with Gasteiger partial charge in [0.15, 0.2) is 0 Å². The number of methoxy groups -OCH3 is 1. The molecule has 0 saturated heterocycles. The molecule has 0 saturated carbocycles. The van der Waals surface area contributed by atoms with E-state index in [2.05, 4.69) is 10.3 Å². The molecule has 1 aromatic rings. The van der Waals surface area contributed by atoms with Crippen LogP contribution in [0.5, 0.6) is 0 Å². The van der Waals surface area contributed by atoms with Crippen molar-refractivity contribution in [1.82, 2.24) is 15.2 Å². The van der Waals surface area contributed by atoms with Crippen molar-refractivity contribution in [3.05, 3.63) is 16.6 Å². The Morgan fingerprint density at radius 3 is 3.12 bits per heavy atom. The number of carbonyl (C=O) groups is 1. The molecule has 1 aromatic heterocycles. The van der Waals surface area contributed by atoms with Gasteiger partial charge in [-0.1, -0.05) is 0 Å². The van der Waals surface area contributed by atoms with E-state index in [0.29, 0.717) is 26.2 Å². The predicted octanol–water partition coefficient (Wildman–Crippen LogP) is 0.338. The fraction of sp³-hybridized carbons (Fsp3) is 0.600. The molecule has 0 spiro atoms. The zero-order chi connectivity index (χ0) is 11.8. The first kappa shape index (κ1) is 13.1. The average molecular weight is 243 g/mol. The molecule has 0 aliphatic heterocycles. The third kappa shape index (κ3) is 4.69. The van der Waals surface area contributed by atoms with Gasteiger partial charge in [-0.2, -0.15) is 0 Å². The molecule has 0 aromatic carbocycles. The first-order valence-electron chi connectivity index (χ1n) is 5.06. The lowest BCUT2D eigenvalue weighted by atomic mass is 10.4. The number of likely N-dealkylation sites (N-methyl/N-ethyl adjacent to an activating group) is 1. The van der Waals surface area contributed by atoms with Crippen molar-refractivity contribution in [2.24, 2.45) is 0 Å². The largest absolute Gasteiger partial charge is 0.383 e. The van der Waals surface area contributed by atoms with Gasteiger partial charge in [0.05, 0.1) is 19.7 Å². The Morgan fingerprint density at radius 1 is 1.69 bits per heavy atom. The van der Waals surface area contributed by atoms with Crippen molar-refractivity contribution >= 4 is 17.2 Å². The van der Waals surface area contributed by atoms with Crippen LogP contribution in [0.3, 0.4) is 0 Å². The van der Waals surface area contributed by atoms with Gasteiger partial charge in [-0.05, 0) is 0 Å². The quantitative estimate of drug-likeness (QED) is 0.702. The van der Waals surface area contributed by atoms with Gasteiger partial charge in [0.25, 0.3) is 0 Å². The van der Waals surface area contributed by atoms with Crippen molar-refractivity contribution in [2.45, 2.75) is 6.54 Å². The number of amides is 1. The van der Waals surface area contributed by atoms with Crippen LogP contribution < -0.4 is 5.32 Å². The number of rotatable bonds is 7. The molecule has 1 N–H and O–H groups in total. The highest BCUT2D eigenvalue weighted by Gasteiger charge is 2.09. The van der Waals surface area contributed by atoms with Crippen molar-refractivity contribution in [3.63, 3.8) is 0 Å². The van der Waals surface area contributed by atoms with Crippen molar-refractivity contribution in [3.8, 4) is 0 Å². The fourth-order valence-electron chi connectivity index (χ4n) is 1.13. The van der Waals surface area contributed by atoms with Crippen LogP contribution >= 0.6 is 11.3 Å². The number of nitrogens with zero attached hydrogens (tertiary/aromatic N) is 2. The van der Waals surface area contributed by atoms with Crippen molar-refractivity contribution < 1.29 is 9.53 Å². The normalized spacial score (nSPS) is 10.4. The zero-order valence-electron chi connectivity index (χ0n) is 9.60. The number of hydrogen-bond donors (Lipinski definition) is 1. The van der Waals surface area contributed by atoms with Crippen LogP contribution in [0.2, 0.25) is 0 Å². The molecule has 5 nitrogen and oxygen atoms in total. The van der Waals surface area contributed by atoms with Crippen LogP contribution in [0.1, 0.15) is 5.01 Å². The SMILES string of the molecule is COCCNCC(=O)N(C)Cc1nccs1. The molecule has 0 unspecified atom stereocenters. The number of nitrogens with one attached hydrogen (secondary N) is 1. The Labute approximate surface area is 99.4 Å². The first-order valence-corrected chi connectivity index (χ1v) is 5.94. The Kier molecular flexibility index (Phi) is 5.99. The molecule has 6 heteroatoms. The zero-order valence-corrected chi connectivity index (χ0v) is 10.4. The van der Waals surface area contributed by atoms with Gasteiger partial charge in [0.2, 0.25) is 5.91 Å². The molecule has 1 rings (SSSR count). The minimum Gasteiger partial charge on any atom is -0.383 e. The summed E-state index contributed by atoms with van der Waals surface area (Å²) in [6.45, 7) is 2.21. The number of ether oxygens (including phenoxy) is 1. The molecule has 0 radical (unpaired) electrons. The lowest BCUT2D eigenvalue weighted by Crippen LogP contribution is -2.36. The maximum absolute atomic E-state index is 11.6. The summed E-state index contributed by atoms with van der Waals surface area (Å²) in [7, 11) is 3.42. The second kappa shape index (κ2) is 7.32. The third-order valence-electron chi connectivity index (χ3n) is 2.04. The second-order valence-electron chi connectivity index (χ2n) is 3.35. The smallest absolute Gasteiger partial charge is 0.236 e. The number of carbonyl (C=O) groups excluding carboxylic acids is 1. The molecule has 0 aliphatic carbocycles. The summed E-state index contributed by atoms with van der Waals surface area (Å²) < 4.78 is 4.87. The average Bonchev–Trinajstić information content (AvgIpc) is 2.76. The molecule has 90 valence electrons. The van der Waals surface area contributed by atoms with Gasteiger partial charge in [0.1, 0.15) is 5.01 Å². The summed E-state index contributed by atoms with van der Waals surface area (Å²) in [6, 6.07) is 0. The summed E-state index contributed by atoms with van der Waals surface area (Å²) in [5.74, 6) is 0.0614. The lowest BCUT2D eigenvalue weighted by molar-refractivity contribution is -0.129. The summed E-state index contributed by atoms with van der Waals surface area (Å²) in [6.07, 6.45) is 1.75. The van der Waals surface area contributed by atoms with Crippen molar-refractivity contribution in [1.29, 1.82) is 0 Å². The van der Waals surface area contributed by atoms with Crippen LogP contribution in [-0.4, -0.2) is 49.6 Å². The monoisotopic (exact) mass is 243 g/mol. The van der Waals surface area contributed by atoms with Crippen LogP contribution in [0.4, 0.5) is 0 Å². The van der Waals surface area contributed by atoms with Crippen molar-refractivity contribution in [2.75, 3.05) is 33.9 Å². The summed E-state index contributed by atoms with van der Waals surface area (Å²) in [5, 5.41) is 5.87. The van der Waals surface area contributed by atoms with E-state index in [-0.39, 0.29) is 5.91 Å². The highest BCUT2D eigenvalue weighted by Crippen LogP contribution is 2.06. The van der Waals surface area contributed by atoms with Crippen LogP contribution in [0.25, 0.3) is 0 Å². The predicted molar refractivity (Wildman–Crippen MR) is 63.3 cm³/mol. The van der Waals surface area contributed by atoms with Gasteiger partial charge in [-0.25, -0.2) is 4.98 Å². The van der Waals surface area contributed by atoms with E-state index in [0.717, 1.165) is 5.01 Å². The minimum absolute atomic E-state index is 0.0614. The number of hydrogen-bond acceptors (Lipinski definition) is 5. The fourth-order valence-corrected chi connectivity index (χ4v) is 1.80. The maximum Gasteiger partial charge on any atom is 0.236 e. The molecule has 0 aliphatic rings. The summed E-state index contributed by atoms with van der Waals surface area (Å²) in [4.78, 5) is 17.4. The Bertz CT molecular complexity index is 303. The topological polar surface area (TPSA) is 54.5 Å². The molecule has 0 atom stereocenters. The Hall–Kier alpha value is -0.980. The van der Waals surface area contributed by atoms with Gasteiger partial charge >= 0.3 is 0 Å².